The highest BCUT2D eigenvalue weighted by molar-refractivity contribution is 4.98. The molecule has 1 atom stereocenters. The zero-order chi connectivity index (χ0) is 8.81. The molecule has 0 saturated carbocycles. The van der Waals surface area contributed by atoms with E-state index in [1.807, 2.05) is 19.2 Å². The second-order valence-electron chi connectivity index (χ2n) is 3.01. The highest BCUT2D eigenvalue weighted by atomic mass is 16.3. The normalized spacial score (nSPS) is 13.2. The summed E-state index contributed by atoms with van der Waals surface area (Å²) >= 11 is 0. The molecule has 0 aromatic carbocycles. The number of nitrogens with one attached hydrogen (secondary N) is 1. The number of rotatable bonds is 5. The molecule has 68 valence electrons. The van der Waals surface area contributed by atoms with E-state index in [0.717, 1.165) is 18.6 Å². The third-order valence-electron chi connectivity index (χ3n) is 2.22. The molecular formula is C10H17NO. The number of furan rings is 1. The summed E-state index contributed by atoms with van der Waals surface area (Å²) in [5.41, 5.74) is 0. The molecule has 0 aliphatic rings. The maximum atomic E-state index is 5.25. The lowest BCUT2D eigenvalue weighted by molar-refractivity contribution is 0.455. The summed E-state index contributed by atoms with van der Waals surface area (Å²) < 4.78 is 5.25. The van der Waals surface area contributed by atoms with E-state index in [4.69, 9.17) is 4.42 Å². The van der Waals surface area contributed by atoms with Gasteiger partial charge < -0.3 is 9.73 Å². The minimum atomic E-state index is 0.620. The van der Waals surface area contributed by atoms with Crippen LogP contribution in [0.2, 0.25) is 0 Å². The van der Waals surface area contributed by atoms with Gasteiger partial charge in [0.2, 0.25) is 0 Å². The Labute approximate surface area is 74.0 Å². The maximum absolute atomic E-state index is 5.25. The third kappa shape index (κ3) is 2.70. The van der Waals surface area contributed by atoms with Crippen LogP contribution in [0.5, 0.6) is 0 Å². The van der Waals surface area contributed by atoms with Gasteiger partial charge in [-0.3, -0.25) is 0 Å². The molecule has 1 aromatic heterocycles. The second kappa shape index (κ2) is 4.99. The fourth-order valence-corrected chi connectivity index (χ4v) is 1.32. The first-order chi connectivity index (χ1) is 5.86. The lowest BCUT2D eigenvalue weighted by Gasteiger charge is -2.11. The predicted octanol–water partition coefficient (Wildman–Crippen LogP) is 2.21. The molecule has 0 aliphatic carbocycles. The quantitative estimate of drug-likeness (QED) is 0.727. The summed E-state index contributed by atoms with van der Waals surface area (Å²) in [5, 5.41) is 3.27. The Morgan fingerprint density at radius 3 is 2.92 bits per heavy atom. The van der Waals surface area contributed by atoms with Gasteiger partial charge in [0.1, 0.15) is 5.76 Å². The van der Waals surface area contributed by atoms with Gasteiger partial charge in [-0.05, 0) is 32.0 Å². The molecule has 0 amide bonds. The Balaban J connectivity index is 2.25. The first-order valence-corrected chi connectivity index (χ1v) is 4.56. The van der Waals surface area contributed by atoms with Crippen molar-refractivity contribution in [2.45, 2.75) is 32.2 Å². The summed E-state index contributed by atoms with van der Waals surface area (Å²) in [7, 11) is 2.01. The van der Waals surface area contributed by atoms with E-state index >= 15 is 0 Å². The van der Waals surface area contributed by atoms with Crippen LogP contribution in [-0.4, -0.2) is 13.1 Å². The van der Waals surface area contributed by atoms with E-state index in [1.54, 1.807) is 6.26 Å². The Bertz CT molecular complexity index is 190. The lowest BCUT2D eigenvalue weighted by Crippen LogP contribution is -2.24. The van der Waals surface area contributed by atoms with E-state index in [-0.39, 0.29) is 0 Å². The molecule has 0 bridgehead atoms. The largest absolute Gasteiger partial charge is 0.469 e. The van der Waals surface area contributed by atoms with Crippen molar-refractivity contribution in [1.29, 1.82) is 0 Å². The summed E-state index contributed by atoms with van der Waals surface area (Å²) in [6, 6.07) is 4.59. The molecule has 0 aliphatic heterocycles. The zero-order valence-corrected chi connectivity index (χ0v) is 7.84. The van der Waals surface area contributed by atoms with Gasteiger partial charge in [0, 0.05) is 12.5 Å². The van der Waals surface area contributed by atoms with Crippen molar-refractivity contribution in [2.75, 3.05) is 7.05 Å². The van der Waals surface area contributed by atoms with Crippen LogP contribution in [0, 0.1) is 0 Å². The molecule has 0 radical (unpaired) electrons. The van der Waals surface area contributed by atoms with Crippen LogP contribution >= 0.6 is 0 Å². The third-order valence-corrected chi connectivity index (χ3v) is 2.22. The minimum Gasteiger partial charge on any atom is -0.469 e. The summed E-state index contributed by atoms with van der Waals surface area (Å²) in [6.45, 7) is 2.20. The van der Waals surface area contributed by atoms with Crippen LogP contribution in [0.4, 0.5) is 0 Å². The number of aryl methyl sites for hydroxylation is 1. The van der Waals surface area contributed by atoms with Crippen LogP contribution in [-0.2, 0) is 6.42 Å². The van der Waals surface area contributed by atoms with Crippen LogP contribution < -0.4 is 5.32 Å². The molecule has 1 aromatic rings. The molecule has 1 N–H and O–H groups in total. The molecule has 0 spiro atoms. The Hall–Kier alpha value is -0.760. The van der Waals surface area contributed by atoms with Gasteiger partial charge >= 0.3 is 0 Å². The van der Waals surface area contributed by atoms with E-state index in [9.17, 15) is 0 Å². The fourth-order valence-electron chi connectivity index (χ4n) is 1.32. The highest BCUT2D eigenvalue weighted by Crippen LogP contribution is 2.07. The predicted molar refractivity (Wildman–Crippen MR) is 50.2 cm³/mol. The van der Waals surface area contributed by atoms with E-state index in [0.29, 0.717) is 6.04 Å². The smallest absolute Gasteiger partial charge is 0.103 e. The van der Waals surface area contributed by atoms with Crippen LogP contribution in [0.25, 0.3) is 0 Å². The van der Waals surface area contributed by atoms with Gasteiger partial charge in [-0.1, -0.05) is 6.92 Å². The van der Waals surface area contributed by atoms with Crippen molar-refractivity contribution in [3.05, 3.63) is 24.2 Å². The first-order valence-electron chi connectivity index (χ1n) is 4.56. The Morgan fingerprint density at radius 2 is 2.42 bits per heavy atom. The first kappa shape index (κ1) is 9.33. The summed E-state index contributed by atoms with van der Waals surface area (Å²) in [5.74, 6) is 1.09. The molecule has 1 unspecified atom stereocenters. The molecule has 2 heteroatoms. The van der Waals surface area contributed by atoms with Crippen LogP contribution in [0.1, 0.15) is 25.5 Å². The summed E-state index contributed by atoms with van der Waals surface area (Å²) in [4.78, 5) is 0. The topological polar surface area (TPSA) is 25.2 Å². The molecule has 2 nitrogen and oxygen atoms in total. The van der Waals surface area contributed by atoms with Gasteiger partial charge in [-0.25, -0.2) is 0 Å². The average molecular weight is 167 g/mol. The van der Waals surface area contributed by atoms with E-state index in [1.165, 1.54) is 6.42 Å². The van der Waals surface area contributed by atoms with Gasteiger partial charge in [0.05, 0.1) is 6.26 Å². The van der Waals surface area contributed by atoms with Crippen LogP contribution in [0.15, 0.2) is 22.8 Å². The molecule has 12 heavy (non-hydrogen) atoms. The zero-order valence-electron chi connectivity index (χ0n) is 7.84. The van der Waals surface area contributed by atoms with Gasteiger partial charge in [0.25, 0.3) is 0 Å². The van der Waals surface area contributed by atoms with Crippen molar-refractivity contribution in [2.24, 2.45) is 0 Å². The van der Waals surface area contributed by atoms with Crippen molar-refractivity contribution >= 4 is 0 Å². The van der Waals surface area contributed by atoms with Crippen molar-refractivity contribution in [3.63, 3.8) is 0 Å². The lowest BCUT2D eigenvalue weighted by atomic mass is 10.1. The molecule has 1 rings (SSSR count). The standard InChI is InChI=1S/C10H17NO/c1-3-9(11-2)6-7-10-5-4-8-12-10/h4-5,8-9,11H,3,6-7H2,1-2H3. The van der Waals surface area contributed by atoms with Crippen LogP contribution in [0.3, 0.4) is 0 Å². The molecule has 0 saturated heterocycles. The van der Waals surface area contributed by atoms with E-state index < -0.39 is 0 Å². The number of hydrogen-bond donors (Lipinski definition) is 1. The van der Waals surface area contributed by atoms with Gasteiger partial charge in [-0.15, -0.1) is 0 Å². The SMILES string of the molecule is CCC(CCc1ccco1)NC. The van der Waals surface area contributed by atoms with Crippen molar-refractivity contribution in [3.8, 4) is 0 Å². The van der Waals surface area contributed by atoms with Crippen molar-refractivity contribution in [1.82, 2.24) is 5.32 Å². The van der Waals surface area contributed by atoms with Gasteiger partial charge in [-0.2, -0.15) is 0 Å². The van der Waals surface area contributed by atoms with E-state index in [2.05, 4.69) is 12.2 Å². The fraction of sp³-hybridized carbons (Fsp3) is 0.600. The average Bonchev–Trinajstić information content (AvgIpc) is 2.59. The Kier molecular flexibility index (Phi) is 3.88. The molecule has 1 heterocycles. The second-order valence-corrected chi connectivity index (χ2v) is 3.01. The van der Waals surface area contributed by atoms with Crippen molar-refractivity contribution < 1.29 is 4.42 Å². The maximum Gasteiger partial charge on any atom is 0.103 e. The highest BCUT2D eigenvalue weighted by Gasteiger charge is 2.03. The Morgan fingerprint density at radius 1 is 1.58 bits per heavy atom. The molecular weight excluding hydrogens is 150 g/mol. The monoisotopic (exact) mass is 167 g/mol. The van der Waals surface area contributed by atoms with Gasteiger partial charge in [0.15, 0.2) is 0 Å². The minimum absolute atomic E-state index is 0.620. The summed E-state index contributed by atoms with van der Waals surface area (Å²) in [6.07, 6.45) is 5.10. The molecule has 0 fully saturated rings. The number of hydrogen-bond acceptors (Lipinski definition) is 2.